The van der Waals surface area contributed by atoms with Crippen LogP contribution in [0.1, 0.15) is 0 Å². The Morgan fingerprint density at radius 1 is 1.07 bits per heavy atom. The highest BCUT2D eigenvalue weighted by Gasteiger charge is 2.15. The molecule has 0 atom stereocenters. The van der Waals surface area contributed by atoms with E-state index in [2.05, 4.69) is 30.1 Å². The molecule has 12 heteroatoms. The van der Waals surface area contributed by atoms with Gasteiger partial charge in [0.1, 0.15) is 5.03 Å². The van der Waals surface area contributed by atoms with Crippen molar-refractivity contribution in [3.05, 3.63) is 53.9 Å². The minimum atomic E-state index is -3.77. The molecule has 0 radical (unpaired) electrons. The normalized spacial score (nSPS) is 11.4. The highest BCUT2D eigenvalue weighted by atomic mass is 32.2. The number of nitrogens with one attached hydrogen (secondary N) is 2. The van der Waals surface area contributed by atoms with E-state index < -0.39 is 10.0 Å². The van der Waals surface area contributed by atoms with Crippen LogP contribution < -0.4 is 10.5 Å². The summed E-state index contributed by atoms with van der Waals surface area (Å²) in [6, 6.07) is 12.9. The Labute approximate surface area is 168 Å². The minimum absolute atomic E-state index is 0.0868. The van der Waals surface area contributed by atoms with Crippen molar-refractivity contribution in [2.45, 2.75) is 15.1 Å². The molecule has 1 aromatic carbocycles. The van der Waals surface area contributed by atoms with Crippen molar-refractivity contribution in [2.24, 2.45) is 0 Å². The summed E-state index contributed by atoms with van der Waals surface area (Å²) in [5, 5.41) is 17.9. The number of H-pyrrole nitrogens is 1. The van der Waals surface area contributed by atoms with Crippen LogP contribution in [0.2, 0.25) is 0 Å². The molecule has 28 heavy (non-hydrogen) atoms. The van der Waals surface area contributed by atoms with Crippen molar-refractivity contribution in [3.63, 3.8) is 0 Å². The molecule has 0 aliphatic rings. The third-order valence-corrected chi connectivity index (χ3v) is 6.52. The van der Waals surface area contributed by atoms with Crippen LogP contribution in [-0.2, 0) is 10.0 Å². The summed E-state index contributed by atoms with van der Waals surface area (Å²) in [7, 11) is -3.77. The molecule has 0 fully saturated rings. The molecule has 0 saturated heterocycles. The molecule has 4 aromatic rings. The van der Waals surface area contributed by atoms with Gasteiger partial charge in [-0.2, -0.15) is 0 Å². The van der Waals surface area contributed by atoms with E-state index in [1.807, 2.05) is 17.5 Å². The molecule has 9 nitrogen and oxygen atoms in total. The average molecular weight is 432 g/mol. The molecule has 0 unspecified atom stereocenters. The van der Waals surface area contributed by atoms with Crippen LogP contribution in [0.4, 0.5) is 11.5 Å². The molecule has 0 bridgehead atoms. The van der Waals surface area contributed by atoms with Gasteiger partial charge in [0.25, 0.3) is 10.0 Å². The van der Waals surface area contributed by atoms with Gasteiger partial charge in [-0.1, -0.05) is 6.07 Å². The van der Waals surface area contributed by atoms with Gasteiger partial charge in [0.15, 0.2) is 11.6 Å². The quantitative estimate of drug-likeness (QED) is 0.396. The maximum Gasteiger partial charge on any atom is 0.263 e. The van der Waals surface area contributed by atoms with Crippen molar-refractivity contribution < 1.29 is 8.42 Å². The number of rotatable bonds is 6. The van der Waals surface area contributed by atoms with Crippen LogP contribution >= 0.6 is 23.1 Å². The van der Waals surface area contributed by atoms with Gasteiger partial charge < -0.3 is 5.73 Å². The zero-order chi connectivity index (χ0) is 19.6. The molecular weight excluding hydrogens is 418 g/mol. The lowest BCUT2D eigenvalue weighted by molar-refractivity contribution is 0.601. The lowest BCUT2D eigenvalue weighted by atomic mass is 10.3. The Morgan fingerprint density at radius 3 is 2.57 bits per heavy atom. The van der Waals surface area contributed by atoms with E-state index in [9.17, 15) is 8.42 Å². The summed E-state index contributed by atoms with van der Waals surface area (Å²) in [6.45, 7) is 0. The van der Waals surface area contributed by atoms with E-state index in [0.717, 1.165) is 4.88 Å². The van der Waals surface area contributed by atoms with Gasteiger partial charge in [0.05, 0.1) is 9.77 Å². The maximum atomic E-state index is 12.4. The summed E-state index contributed by atoms with van der Waals surface area (Å²) >= 11 is 2.78. The van der Waals surface area contributed by atoms with Crippen molar-refractivity contribution in [1.82, 2.24) is 25.4 Å². The molecule has 4 N–H and O–H groups in total. The monoisotopic (exact) mass is 431 g/mol. The molecule has 0 aliphatic heterocycles. The fourth-order valence-electron chi connectivity index (χ4n) is 2.18. The molecule has 0 spiro atoms. The van der Waals surface area contributed by atoms with Gasteiger partial charge in [-0.25, -0.2) is 13.4 Å². The summed E-state index contributed by atoms with van der Waals surface area (Å²) in [5.41, 5.74) is 6.06. The predicted molar refractivity (Wildman–Crippen MR) is 108 cm³/mol. The van der Waals surface area contributed by atoms with E-state index in [1.165, 1.54) is 42.1 Å². The third kappa shape index (κ3) is 4.13. The van der Waals surface area contributed by atoms with Crippen LogP contribution in [0.25, 0.3) is 10.7 Å². The van der Waals surface area contributed by atoms with Gasteiger partial charge in [0.2, 0.25) is 5.16 Å². The summed E-state index contributed by atoms with van der Waals surface area (Å²) in [5.74, 6) is 0.786. The SMILES string of the molecule is Nc1ccc(S(=O)(=O)Nc2ccc(Sc3n[nH]c(-c4cccs4)n3)nn2)cc1. The van der Waals surface area contributed by atoms with Crippen molar-refractivity contribution >= 4 is 44.6 Å². The Kier molecular flexibility index (Phi) is 4.98. The van der Waals surface area contributed by atoms with Crippen LogP contribution in [-0.4, -0.2) is 33.8 Å². The molecule has 0 saturated carbocycles. The smallest absolute Gasteiger partial charge is 0.263 e. The number of thiophene rings is 1. The third-order valence-electron chi connectivity index (χ3n) is 3.48. The van der Waals surface area contributed by atoms with Gasteiger partial charge >= 0.3 is 0 Å². The predicted octanol–water partition coefficient (Wildman–Crippen LogP) is 2.86. The molecule has 0 aliphatic carbocycles. The Morgan fingerprint density at radius 2 is 1.89 bits per heavy atom. The minimum Gasteiger partial charge on any atom is -0.399 e. The number of hydrogen-bond acceptors (Lipinski definition) is 9. The number of nitrogens with zero attached hydrogens (tertiary/aromatic N) is 4. The Balaban J connectivity index is 1.44. The number of anilines is 2. The largest absolute Gasteiger partial charge is 0.399 e. The van der Waals surface area contributed by atoms with E-state index in [1.54, 1.807) is 17.4 Å². The fraction of sp³-hybridized carbons (Fsp3) is 0. The van der Waals surface area contributed by atoms with Crippen molar-refractivity contribution in [3.8, 4) is 10.7 Å². The zero-order valence-corrected chi connectivity index (χ0v) is 16.6. The van der Waals surface area contributed by atoms with Crippen molar-refractivity contribution in [1.29, 1.82) is 0 Å². The van der Waals surface area contributed by atoms with Crippen LogP contribution in [0.5, 0.6) is 0 Å². The second kappa shape index (κ2) is 7.58. The highest BCUT2D eigenvalue weighted by molar-refractivity contribution is 7.99. The number of benzene rings is 1. The van der Waals surface area contributed by atoms with Gasteiger partial charge in [0, 0.05) is 5.69 Å². The number of aromatic amines is 1. The summed E-state index contributed by atoms with van der Waals surface area (Å²) in [4.78, 5) is 5.46. The van der Waals surface area contributed by atoms with Crippen molar-refractivity contribution in [2.75, 3.05) is 10.5 Å². The maximum absolute atomic E-state index is 12.4. The van der Waals surface area contributed by atoms with Gasteiger partial charge in [-0.05, 0) is 59.6 Å². The van der Waals surface area contributed by atoms with E-state index in [-0.39, 0.29) is 10.7 Å². The zero-order valence-electron chi connectivity index (χ0n) is 14.1. The molecule has 3 aromatic heterocycles. The topological polar surface area (TPSA) is 140 Å². The average Bonchev–Trinajstić information content (AvgIpc) is 3.35. The van der Waals surface area contributed by atoms with Crippen LogP contribution in [0.15, 0.2) is 69.0 Å². The first-order valence-electron chi connectivity index (χ1n) is 7.86. The molecule has 142 valence electrons. The van der Waals surface area contributed by atoms with E-state index in [0.29, 0.717) is 21.7 Å². The van der Waals surface area contributed by atoms with Crippen LogP contribution in [0, 0.1) is 0 Å². The van der Waals surface area contributed by atoms with Gasteiger partial charge in [-0.15, -0.1) is 26.6 Å². The molecular formula is C16H13N7O2S3. The number of nitrogens with two attached hydrogens (primary N) is 1. The summed E-state index contributed by atoms with van der Waals surface area (Å²) in [6.07, 6.45) is 0. The first-order chi connectivity index (χ1) is 13.5. The fourth-order valence-corrected chi connectivity index (χ4v) is 4.47. The lowest BCUT2D eigenvalue weighted by Gasteiger charge is -2.07. The Bertz CT molecular complexity index is 1170. The number of hydrogen-bond donors (Lipinski definition) is 3. The molecule has 0 amide bonds. The second-order valence-corrected chi connectivity index (χ2v) is 9.09. The Hall–Kier alpha value is -2.96. The molecule has 3 heterocycles. The standard InChI is InChI=1S/C16H13N7O2S3/c17-10-3-5-11(6-4-10)28(24,25)23-13-7-8-14(20-19-13)27-16-18-15(21-22-16)12-2-1-9-26-12/h1-9H,17H2,(H,19,23)(H,18,21,22). The van der Waals surface area contributed by atoms with E-state index >= 15 is 0 Å². The number of sulfonamides is 1. The van der Waals surface area contributed by atoms with Crippen LogP contribution in [0.3, 0.4) is 0 Å². The highest BCUT2D eigenvalue weighted by Crippen LogP contribution is 2.27. The second-order valence-electron chi connectivity index (χ2n) is 5.48. The van der Waals surface area contributed by atoms with E-state index in [4.69, 9.17) is 5.73 Å². The lowest BCUT2D eigenvalue weighted by Crippen LogP contribution is -2.14. The number of aromatic nitrogens is 5. The van der Waals surface area contributed by atoms with Gasteiger partial charge in [-0.3, -0.25) is 9.82 Å². The number of nitrogen functional groups attached to an aromatic ring is 1. The summed E-state index contributed by atoms with van der Waals surface area (Å²) < 4.78 is 27.1. The first kappa shape index (κ1) is 18.4. The molecule has 4 rings (SSSR count). The first-order valence-corrected chi connectivity index (χ1v) is 11.0.